The number of nitrogens with two attached hydrogens (primary N) is 1. The number of hydrogen-bond acceptors (Lipinski definition) is 4. The van der Waals surface area contributed by atoms with Crippen LogP contribution in [0.4, 0.5) is 9.59 Å². The Labute approximate surface area is 229 Å². The van der Waals surface area contributed by atoms with Gasteiger partial charge in [0, 0.05) is 13.1 Å². The molecular weight excluding hydrogens is 502 g/mol. The SMILES string of the molecule is CCCCCCCCCCCCN(CCCCCCCCCCCC)C(=O)[S-].NC(=O)[S-].[Zn+2]. The number of primary amides is 1. The van der Waals surface area contributed by atoms with Crippen molar-refractivity contribution in [3.63, 3.8) is 0 Å². The standard InChI is InChI=1S/C25H51NOS.CH3NOS.Zn/c1-3-5-7-9-11-13-15-17-19-21-23-26(25(27)28)24-22-20-18-16-14-12-10-8-6-4-2;2-1(3)4;/h3-24H2,1-2H3,(H,27,28);(H3,2,3,4);/q;;+2/p-2. The first-order valence-electron chi connectivity index (χ1n) is 13.4. The summed E-state index contributed by atoms with van der Waals surface area (Å²) in [7, 11) is 0. The van der Waals surface area contributed by atoms with Gasteiger partial charge in [0.05, 0.1) is 5.24 Å². The minimum Gasteiger partial charge on any atom is -0.719 e. The third-order valence-electron chi connectivity index (χ3n) is 5.82. The van der Waals surface area contributed by atoms with Crippen LogP contribution in [0.25, 0.3) is 0 Å². The molecule has 192 valence electrons. The molecule has 0 aromatic rings. The van der Waals surface area contributed by atoms with Gasteiger partial charge in [0.1, 0.15) is 5.24 Å². The van der Waals surface area contributed by atoms with E-state index in [0.717, 1.165) is 25.9 Å². The van der Waals surface area contributed by atoms with Gasteiger partial charge in [0.25, 0.3) is 0 Å². The van der Waals surface area contributed by atoms with Crippen molar-refractivity contribution >= 4 is 35.7 Å². The Morgan fingerprint density at radius 1 is 0.545 bits per heavy atom. The fourth-order valence-corrected chi connectivity index (χ4v) is 4.06. The van der Waals surface area contributed by atoms with Crippen molar-refractivity contribution in [2.75, 3.05) is 13.1 Å². The zero-order chi connectivity index (χ0) is 24.3. The Morgan fingerprint density at radius 3 is 0.970 bits per heavy atom. The number of rotatable bonds is 22. The molecule has 4 nitrogen and oxygen atoms in total. The van der Waals surface area contributed by atoms with Crippen LogP contribution in [-0.4, -0.2) is 28.5 Å². The number of unbranched alkanes of at least 4 members (excludes halogenated alkanes) is 18. The van der Waals surface area contributed by atoms with E-state index >= 15 is 0 Å². The van der Waals surface area contributed by atoms with Crippen LogP contribution in [0.5, 0.6) is 0 Å². The molecule has 0 fully saturated rings. The van der Waals surface area contributed by atoms with E-state index in [0.29, 0.717) is 0 Å². The smallest absolute Gasteiger partial charge is 0.719 e. The Morgan fingerprint density at radius 2 is 0.758 bits per heavy atom. The van der Waals surface area contributed by atoms with E-state index in [9.17, 15) is 4.79 Å². The summed E-state index contributed by atoms with van der Waals surface area (Å²) in [6.07, 6.45) is 26.7. The molecule has 0 aliphatic carbocycles. The van der Waals surface area contributed by atoms with Gasteiger partial charge in [0.2, 0.25) is 0 Å². The summed E-state index contributed by atoms with van der Waals surface area (Å²) in [5.41, 5.74) is 4.29. The van der Waals surface area contributed by atoms with Crippen LogP contribution in [0.1, 0.15) is 142 Å². The fourth-order valence-electron chi connectivity index (χ4n) is 3.87. The van der Waals surface area contributed by atoms with Gasteiger partial charge in [0.15, 0.2) is 0 Å². The summed E-state index contributed by atoms with van der Waals surface area (Å²) in [4.78, 5) is 22.6. The van der Waals surface area contributed by atoms with Gasteiger partial charge in [-0.2, -0.15) is 0 Å². The van der Waals surface area contributed by atoms with Gasteiger partial charge in [-0.05, 0) is 12.8 Å². The van der Waals surface area contributed by atoms with E-state index in [1.165, 1.54) is 116 Å². The minimum absolute atomic E-state index is 0. The van der Waals surface area contributed by atoms with Gasteiger partial charge in [-0.3, -0.25) is 0 Å². The molecule has 0 aliphatic heterocycles. The molecule has 0 radical (unpaired) electrons. The van der Waals surface area contributed by atoms with Gasteiger partial charge >= 0.3 is 19.5 Å². The second-order valence-electron chi connectivity index (χ2n) is 8.94. The molecule has 0 spiro atoms. The Kier molecular flexibility index (Phi) is 36.4. The van der Waals surface area contributed by atoms with E-state index in [4.69, 9.17) is 17.4 Å². The summed E-state index contributed by atoms with van der Waals surface area (Å²) in [6, 6.07) is 0. The normalized spacial score (nSPS) is 10.1. The molecule has 0 rings (SSSR count). The van der Waals surface area contributed by atoms with E-state index in [-0.39, 0.29) is 24.7 Å². The molecule has 0 saturated carbocycles. The average molecular weight is 554 g/mol. The van der Waals surface area contributed by atoms with E-state index in [1.807, 2.05) is 4.90 Å². The molecule has 7 heteroatoms. The second-order valence-corrected chi connectivity index (χ2v) is 9.69. The fraction of sp³-hybridized carbons (Fsp3) is 0.923. The number of nitrogens with zero attached hydrogens (tertiary/aromatic N) is 1. The zero-order valence-corrected chi connectivity index (χ0v) is 26.5. The predicted octanol–water partition coefficient (Wildman–Crippen LogP) is 8.41. The van der Waals surface area contributed by atoms with Crippen LogP contribution in [0.15, 0.2) is 0 Å². The van der Waals surface area contributed by atoms with E-state index in [2.05, 4.69) is 32.2 Å². The maximum atomic E-state index is 11.7. The summed E-state index contributed by atoms with van der Waals surface area (Å²) in [6.45, 7) is 6.28. The summed E-state index contributed by atoms with van der Waals surface area (Å²) in [5.74, 6) is 0. The first kappa shape index (κ1) is 37.5. The van der Waals surface area contributed by atoms with Crippen LogP contribution in [-0.2, 0) is 44.7 Å². The van der Waals surface area contributed by atoms with Crippen molar-refractivity contribution in [2.45, 2.75) is 142 Å². The summed E-state index contributed by atoms with van der Waals surface area (Å²) in [5, 5.41) is -0.896. The molecule has 0 saturated heterocycles. The van der Waals surface area contributed by atoms with Crippen LogP contribution >= 0.6 is 0 Å². The number of amides is 2. The van der Waals surface area contributed by atoms with Gasteiger partial charge in [-0.15, -0.1) is 0 Å². The van der Waals surface area contributed by atoms with Crippen molar-refractivity contribution in [1.82, 2.24) is 4.90 Å². The van der Waals surface area contributed by atoms with Crippen molar-refractivity contribution in [3.8, 4) is 0 Å². The van der Waals surface area contributed by atoms with Crippen molar-refractivity contribution in [1.29, 1.82) is 0 Å². The second kappa shape index (κ2) is 32.0. The average Bonchev–Trinajstić information content (AvgIpc) is 2.74. The number of carbonyl (C=O) groups excluding carboxylic acids is 2. The largest absolute Gasteiger partial charge is 2.00 e. The third kappa shape index (κ3) is 36.7. The molecule has 0 aromatic carbocycles. The predicted molar refractivity (Wildman–Crippen MR) is 145 cm³/mol. The quantitative estimate of drug-likeness (QED) is 0.0830. The number of hydrogen-bond donors (Lipinski definition) is 1. The molecule has 0 unspecified atom stereocenters. The molecule has 0 atom stereocenters. The van der Waals surface area contributed by atoms with Gasteiger partial charge in [-0.25, -0.2) is 0 Å². The van der Waals surface area contributed by atoms with Crippen molar-refractivity contribution in [3.05, 3.63) is 0 Å². The van der Waals surface area contributed by atoms with E-state index in [1.54, 1.807) is 0 Å². The van der Waals surface area contributed by atoms with Gasteiger partial charge in [-0.1, -0.05) is 129 Å². The van der Waals surface area contributed by atoms with Crippen LogP contribution < -0.4 is 5.73 Å². The van der Waals surface area contributed by atoms with Crippen LogP contribution in [0.3, 0.4) is 0 Å². The first-order chi connectivity index (χ1) is 15.5. The maximum absolute atomic E-state index is 11.7. The molecule has 33 heavy (non-hydrogen) atoms. The third-order valence-corrected chi connectivity index (χ3v) is 6.08. The topological polar surface area (TPSA) is 63.4 Å². The van der Waals surface area contributed by atoms with Crippen LogP contribution in [0, 0.1) is 0 Å². The minimum atomic E-state index is -0.750. The van der Waals surface area contributed by atoms with E-state index < -0.39 is 5.24 Å². The molecule has 0 heterocycles. The molecule has 2 N–H and O–H groups in total. The van der Waals surface area contributed by atoms with Crippen molar-refractivity contribution < 1.29 is 29.1 Å². The number of carbonyl (C=O) groups is 2. The van der Waals surface area contributed by atoms with Gasteiger partial charge < -0.3 is 45.5 Å². The molecule has 2 amide bonds. The molecule has 0 aromatic heterocycles. The monoisotopic (exact) mass is 552 g/mol. The zero-order valence-electron chi connectivity index (χ0n) is 21.9. The first-order valence-corrected chi connectivity index (χ1v) is 14.2. The summed E-state index contributed by atoms with van der Waals surface area (Å²) < 4.78 is 0. The maximum Gasteiger partial charge on any atom is 2.00 e. The molecule has 0 aliphatic rings. The van der Waals surface area contributed by atoms with Crippen molar-refractivity contribution in [2.24, 2.45) is 5.73 Å². The molecule has 0 bridgehead atoms. The Hall–Kier alpha value is 0.00338. The Bertz CT molecular complexity index is 388. The summed E-state index contributed by atoms with van der Waals surface area (Å²) >= 11 is 8.69. The molecular formula is C26H52N2O2S2Zn. The Balaban J connectivity index is -0.00000165. The van der Waals surface area contributed by atoms with Crippen LogP contribution in [0.2, 0.25) is 0 Å².